The van der Waals surface area contributed by atoms with Crippen molar-refractivity contribution in [1.82, 2.24) is 0 Å². The molecule has 0 amide bonds. The molecule has 0 aromatic rings. The van der Waals surface area contributed by atoms with Crippen molar-refractivity contribution in [2.24, 2.45) is 11.3 Å². The van der Waals surface area contributed by atoms with Crippen molar-refractivity contribution < 1.29 is 0 Å². The third-order valence-electron chi connectivity index (χ3n) is 2.96. The highest BCUT2D eigenvalue weighted by atomic mass is 14.3. The average Bonchev–Trinajstić information content (AvgIpc) is 2.10. The first-order chi connectivity index (χ1) is 6.98. The SMILES string of the molecule is C=C1C=C(C(C#N)CCC)CC(C)(C)C1. The van der Waals surface area contributed by atoms with Crippen molar-refractivity contribution >= 4 is 0 Å². The molecule has 1 nitrogen and oxygen atoms in total. The Morgan fingerprint density at radius 2 is 2.20 bits per heavy atom. The summed E-state index contributed by atoms with van der Waals surface area (Å²) in [5.41, 5.74) is 2.75. The predicted molar refractivity (Wildman–Crippen MR) is 64.2 cm³/mol. The molecule has 0 aliphatic heterocycles. The van der Waals surface area contributed by atoms with Crippen LogP contribution >= 0.6 is 0 Å². The van der Waals surface area contributed by atoms with Crippen LogP contribution in [0.5, 0.6) is 0 Å². The summed E-state index contributed by atoms with van der Waals surface area (Å²) >= 11 is 0. The molecule has 1 aliphatic rings. The second kappa shape index (κ2) is 4.66. The molecule has 0 bridgehead atoms. The topological polar surface area (TPSA) is 23.8 Å². The fourth-order valence-electron chi connectivity index (χ4n) is 2.44. The summed E-state index contributed by atoms with van der Waals surface area (Å²) in [4.78, 5) is 0. The Morgan fingerprint density at radius 3 is 2.67 bits per heavy atom. The van der Waals surface area contributed by atoms with Crippen LogP contribution in [-0.4, -0.2) is 0 Å². The monoisotopic (exact) mass is 203 g/mol. The largest absolute Gasteiger partial charge is 0.198 e. The number of allylic oxidation sites excluding steroid dienone is 3. The van der Waals surface area contributed by atoms with E-state index in [4.69, 9.17) is 5.26 Å². The van der Waals surface area contributed by atoms with Gasteiger partial charge < -0.3 is 0 Å². The summed E-state index contributed by atoms with van der Waals surface area (Å²) in [6.45, 7) is 10.7. The number of nitrogens with zero attached hydrogens (tertiary/aromatic N) is 1. The lowest BCUT2D eigenvalue weighted by molar-refractivity contribution is 0.339. The highest BCUT2D eigenvalue weighted by molar-refractivity contribution is 5.31. The van der Waals surface area contributed by atoms with Gasteiger partial charge in [0.25, 0.3) is 0 Å². The van der Waals surface area contributed by atoms with Gasteiger partial charge in [0.2, 0.25) is 0 Å². The summed E-state index contributed by atoms with van der Waals surface area (Å²) in [6.07, 6.45) is 6.30. The minimum Gasteiger partial charge on any atom is -0.198 e. The summed E-state index contributed by atoms with van der Waals surface area (Å²) in [5.74, 6) is 0.103. The highest BCUT2D eigenvalue weighted by Crippen LogP contribution is 2.40. The van der Waals surface area contributed by atoms with Crippen LogP contribution in [0.3, 0.4) is 0 Å². The van der Waals surface area contributed by atoms with E-state index in [2.05, 4.69) is 39.5 Å². The van der Waals surface area contributed by atoms with Crippen molar-refractivity contribution in [2.75, 3.05) is 0 Å². The van der Waals surface area contributed by atoms with Crippen molar-refractivity contribution in [1.29, 1.82) is 5.26 Å². The Hall–Kier alpha value is -1.03. The van der Waals surface area contributed by atoms with Crippen LogP contribution in [0.1, 0.15) is 46.5 Å². The Balaban J connectivity index is 2.85. The summed E-state index contributed by atoms with van der Waals surface area (Å²) in [5, 5.41) is 9.15. The molecule has 82 valence electrons. The van der Waals surface area contributed by atoms with Crippen molar-refractivity contribution in [3.05, 3.63) is 23.8 Å². The molecule has 0 saturated heterocycles. The lowest BCUT2D eigenvalue weighted by Crippen LogP contribution is -2.20. The normalized spacial score (nSPS) is 21.7. The molecule has 0 radical (unpaired) electrons. The molecule has 0 aromatic heterocycles. The zero-order valence-electron chi connectivity index (χ0n) is 10.1. The van der Waals surface area contributed by atoms with E-state index in [0.29, 0.717) is 0 Å². The van der Waals surface area contributed by atoms with Gasteiger partial charge in [0.05, 0.1) is 12.0 Å². The number of hydrogen-bond acceptors (Lipinski definition) is 1. The fraction of sp³-hybridized carbons (Fsp3) is 0.643. The summed E-state index contributed by atoms with van der Waals surface area (Å²) in [7, 11) is 0. The first-order valence-corrected chi connectivity index (χ1v) is 5.76. The van der Waals surface area contributed by atoms with E-state index in [1.165, 1.54) is 11.1 Å². The summed E-state index contributed by atoms with van der Waals surface area (Å²) < 4.78 is 0. The Bertz CT molecular complexity index is 315. The maximum absolute atomic E-state index is 9.15. The zero-order chi connectivity index (χ0) is 11.5. The van der Waals surface area contributed by atoms with Gasteiger partial charge in [0.1, 0.15) is 0 Å². The molecule has 0 saturated carbocycles. The van der Waals surface area contributed by atoms with Gasteiger partial charge in [0, 0.05) is 0 Å². The van der Waals surface area contributed by atoms with Crippen LogP contribution in [0.15, 0.2) is 23.8 Å². The van der Waals surface area contributed by atoms with Crippen LogP contribution < -0.4 is 0 Å². The summed E-state index contributed by atoms with van der Waals surface area (Å²) in [6, 6.07) is 2.42. The number of hydrogen-bond donors (Lipinski definition) is 0. The van der Waals surface area contributed by atoms with Crippen LogP contribution in [0.25, 0.3) is 0 Å². The quantitative estimate of drug-likeness (QED) is 0.673. The van der Waals surface area contributed by atoms with E-state index in [1.807, 2.05) is 0 Å². The minimum absolute atomic E-state index is 0.103. The second-order valence-corrected chi connectivity index (χ2v) is 5.37. The number of rotatable bonds is 3. The van der Waals surface area contributed by atoms with Gasteiger partial charge in [-0.15, -0.1) is 0 Å². The molecule has 15 heavy (non-hydrogen) atoms. The van der Waals surface area contributed by atoms with Gasteiger partial charge in [-0.1, -0.05) is 51.0 Å². The standard InChI is InChI=1S/C14H21N/c1-5-6-12(10-15)13-7-11(2)8-14(3,4)9-13/h7,12H,2,5-6,8-9H2,1,3-4H3. The molecule has 0 aromatic carbocycles. The molecule has 0 spiro atoms. The molecule has 1 unspecified atom stereocenters. The van der Waals surface area contributed by atoms with Crippen molar-refractivity contribution in [2.45, 2.75) is 46.5 Å². The molecule has 1 rings (SSSR count). The smallest absolute Gasteiger partial charge is 0.0700 e. The molecule has 1 atom stereocenters. The maximum Gasteiger partial charge on any atom is 0.0700 e. The Morgan fingerprint density at radius 1 is 1.53 bits per heavy atom. The van der Waals surface area contributed by atoms with Gasteiger partial charge in [-0.05, 0) is 24.7 Å². The van der Waals surface area contributed by atoms with Crippen LogP contribution in [0, 0.1) is 22.7 Å². The molecular formula is C14H21N. The van der Waals surface area contributed by atoms with E-state index in [0.717, 1.165) is 25.7 Å². The van der Waals surface area contributed by atoms with Crippen molar-refractivity contribution in [3.8, 4) is 6.07 Å². The molecule has 1 heteroatoms. The van der Waals surface area contributed by atoms with E-state index in [9.17, 15) is 0 Å². The fourth-order valence-corrected chi connectivity index (χ4v) is 2.44. The molecule has 0 N–H and O–H groups in total. The van der Waals surface area contributed by atoms with Gasteiger partial charge in [-0.3, -0.25) is 0 Å². The molecule has 0 fully saturated rings. The van der Waals surface area contributed by atoms with E-state index >= 15 is 0 Å². The third-order valence-corrected chi connectivity index (χ3v) is 2.96. The van der Waals surface area contributed by atoms with E-state index in [-0.39, 0.29) is 11.3 Å². The molecular weight excluding hydrogens is 182 g/mol. The Labute approximate surface area is 93.5 Å². The molecule has 0 heterocycles. The maximum atomic E-state index is 9.15. The van der Waals surface area contributed by atoms with Gasteiger partial charge >= 0.3 is 0 Å². The number of nitriles is 1. The average molecular weight is 203 g/mol. The highest BCUT2D eigenvalue weighted by Gasteiger charge is 2.27. The van der Waals surface area contributed by atoms with Crippen LogP contribution in [0.4, 0.5) is 0 Å². The van der Waals surface area contributed by atoms with E-state index in [1.54, 1.807) is 0 Å². The first kappa shape index (κ1) is 12.0. The van der Waals surface area contributed by atoms with Gasteiger partial charge in [-0.25, -0.2) is 0 Å². The Kier molecular flexibility index (Phi) is 3.74. The molecule has 1 aliphatic carbocycles. The lowest BCUT2D eigenvalue weighted by atomic mass is 9.72. The van der Waals surface area contributed by atoms with Crippen LogP contribution in [0.2, 0.25) is 0 Å². The van der Waals surface area contributed by atoms with Gasteiger partial charge in [-0.2, -0.15) is 5.26 Å². The minimum atomic E-state index is 0.103. The second-order valence-electron chi connectivity index (χ2n) is 5.37. The zero-order valence-corrected chi connectivity index (χ0v) is 10.1. The van der Waals surface area contributed by atoms with Crippen LogP contribution in [-0.2, 0) is 0 Å². The van der Waals surface area contributed by atoms with Gasteiger partial charge in [0.15, 0.2) is 0 Å². The third kappa shape index (κ3) is 3.23. The lowest BCUT2D eigenvalue weighted by Gasteiger charge is -2.32. The van der Waals surface area contributed by atoms with E-state index < -0.39 is 0 Å². The first-order valence-electron chi connectivity index (χ1n) is 5.76. The van der Waals surface area contributed by atoms with Crippen molar-refractivity contribution in [3.63, 3.8) is 0 Å². The predicted octanol–water partition coefficient (Wildman–Crippen LogP) is 4.23.